The number of hydrogen-bond acceptors (Lipinski definition) is 4. The second-order valence-corrected chi connectivity index (χ2v) is 8.27. The van der Waals surface area contributed by atoms with Crippen LogP contribution in [0.3, 0.4) is 0 Å². The summed E-state index contributed by atoms with van der Waals surface area (Å²) >= 11 is 0. The van der Waals surface area contributed by atoms with Crippen LogP contribution in [0.5, 0.6) is 0 Å². The molecular formula is C21H32ClN3O3. The number of halogens is 1. The van der Waals surface area contributed by atoms with Crippen LogP contribution in [-0.4, -0.2) is 41.5 Å². The SMILES string of the molecule is CCOC1CC(N)(C(=O)Nc2cccc(CN3CCCCC3=O)c2)C1(C)C.Cl. The molecule has 0 bridgehead atoms. The van der Waals surface area contributed by atoms with Crippen molar-refractivity contribution in [3.05, 3.63) is 29.8 Å². The Labute approximate surface area is 173 Å². The van der Waals surface area contributed by atoms with Crippen molar-refractivity contribution in [3.8, 4) is 0 Å². The van der Waals surface area contributed by atoms with E-state index in [-0.39, 0.29) is 30.3 Å². The number of nitrogens with two attached hydrogens (primary N) is 1. The highest BCUT2D eigenvalue weighted by Gasteiger charge is 2.62. The summed E-state index contributed by atoms with van der Waals surface area (Å²) in [5.41, 5.74) is 6.79. The fourth-order valence-electron chi connectivity index (χ4n) is 4.06. The Bertz CT molecular complexity index is 725. The van der Waals surface area contributed by atoms with Crippen molar-refractivity contribution in [1.82, 2.24) is 4.90 Å². The van der Waals surface area contributed by atoms with Crippen molar-refractivity contribution in [3.63, 3.8) is 0 Å². The first kappa shape index (κ1) is 22.7. The third-order valence-corrected chi connectivity index (χ3v) is 6.21. The first-order valence-corrected chi connectivity index (χ1v) is 9.86. The molecule has 1 aliphatic carbocycles. The Kier molecular flexibility index (Phi) is 7.12. The van der Waals surface area contributed by atoms with Gasteiger partial charge in [0.25, 0.3) is 0 Å². The minimum atomic E-state index is -0.953. The predicted molar refractivity (Wildman–Crippen MR) is 112 cm³/mol. The van der Waals surface area contributed by atoms with Crippen LogP contribution in [0.15, 0.2) is 24.3 Å². The molecule has 28 heavy (non-hydrogen) atoms. The fraction of sp³-hybridized carbons (Fsp3) is 0.619. The first-order valence-electron chi connectivity index (χ1n) is 9.86. The monoisotopic (exact) mass is 409 g/mol. The lowest BCUT2D eigenvalue weighted by molar-refractivity contribution is -0.166. The van der Waals surface area contributed by atoms with Crippen molar-refractivity contribution in [2.45, 2.75) is 64.6 Å². The van der Waals surface area contributed by atoms with Crippen molar-refractivity contribution < 1.29 is 14.3 Å². The van der Waals surface area contributed by atoms with Gasteiger partial charge in [-0.2, -0.15) is 0 Å². The number of piperidine rings is 1. The second-order valence-electron chi connectivity index (χ2n) is 8.27. The lowest BCUT2D eigenvalue weighted by Crippen LogP contribution is -2.74. The Morgan fingerprint density at radius 2 is 2.11 bits per heavy atom. The molecule has 1 saturated heterocycles. The maximum Gasteiger partial charge on any atom is 0.245 e. The number of rotatable bonds is 6. The highest BCUT2D eigenvalue weighted by molar-refractivity contribution is 5.99. The van der Waals surface area contributed by atoms with Gasteiger partial charge < -0.3 is 20.7 Å². The van der Waals surface area contributed by atoms with Gasteiger partial charge >= 0.3 is 0 Å². The van der Waals surface area contributed by atoms with Gasteiger partial charge in [0, 0.05) is 43.6 Å². The zero-order valence-corrected chi connectivity index (χ0v) is 17.8. The van der Waals surface area contributed by atoms with Crippen molar-refractivity contribution in [2.75, 3.05) is 18.5 Å². The topological polar surface area (TPSA) is 84.7 Å². The lowest BCUT2D eigenvalue weighted by Gasteiger charge is -2.57. The van der Waals surface area contributed by atoms with Crippen molar-refractivity contribution in [2.24, 2.45) is 11.1 Å². The molecule has 2 amide bonds. The summed E-state index contributed by atoms with van der Waals surface area (Å²) in [6.45, 7) is 7.90. The zero-order chi connectivity index (χ0) is 19.7. The molecule has 156 valence electrons. The summed E-state index contributed by atoms with van der Waals surface area (Å²) in [7, 11) is 0. The van der Waals surface area contributed by atoms with Crippen LogP contribution in [0, 0.1) is 5.41 Å². The minimum absolute atomic E-state index is 0. The van der Waals surface area contributed by atoms with Crippen LogP contribution in [0.2, 0.25) is 0 Å². The standard InChI is InChI=1S/C21H31N3O3.ClH/c1-4-27-17-13-21(22,20(17,2)3)19(26)23-16-9-7-8-15(12-16)14-24-11-6-5-10-18(24)25;/h7-9,12,17H,4-6,10-11,13-14,22H2,1-3H3,(H,23,26);1H. The first-order chi connectivity index (χ1) is 12.8. The maximum atomic E-state index is 12.9. The number of anilines is 1. The van der Waals surface area contributed by atoms with Gasteiger partial charge in [0.05, 0.1) is 6.10 Å². The van der Waals surface area contributed by atoms with Crippen molar-refractivity contribution >= 4 is 29.9 Å². The Balaban J connectivity index is 0.00000280. The second kappa shape index (κ2) is 8.80. The van der Waals surface area contributed by atoms with Crippen LogP contribution in [0.4, 0.5) is 5.69 Å². The molecule has 7 heteroatoms. The molecule has 2 atom stereocenters. The predicted octanol–water partition coefficient (Wildman–Crippen LogP) is 3.09. The van der Waals surface area contributed by atoms with E-state index in [0.717, 1.165) is 24.9 Å². The van der Waals surface area contributed by atoms with E-state index in [4.69, 9.17) is 10.5 Å². The van der Waals surface area contributed by atoms with Gasteiger partial charge in [0.15, 0.2) is 0 Å². The van der Waals surface area contributed by atoms with Crippen LogP contribution in [-0.2, 0) is 20.9 Å². The number of hydrogen-bond donors (Lipinski definition) is 2. The smallest absolute Gasteiger partial charge is 0.245 e. The quantitative estimate of drug-likeness (QED) is 0.756. The van der Waals surface area contributed by atoms with Crippen LogP contribution < -0.4 is 11.1 Å². The van der Waals surface area contributed by atoms with E-state index < -0.39 is 11.0 Å². The molecule has 3 N–H and O–H groups in total. The molecule has 2 unspecified atom stereocenters. The number of nitrogens with zero attached hydrogens (tertiary/aromatic N) is 1. The largest absolute Gasteiger partial charge is 0.378 e. The normalized spacial score (nSPS) is 26.2. The summed E-state index contributed by atoms with van der Waals surface area (Å²) in [4.78, 5) is 26.8. The molecule has 0 spiro atoms. The Morgan fingerprint density at radius 3 is 2.75 bits per heavy atom. The summed E-state index contributed by atoms with van der Waals surface area (Å²) < 4.78 is 5.71. The molecule has 2 aliphatic rings. The van der Waals surface area contributed by atoms with E-state index in [1.165, 1.54) is 0 Å². The summed E-state index contributed by atoms with van der Waals surface area (Å²) in [6, 6.07) is 7.66. The number of benzene rings is 1. The summed E-state index contributed by atoms with van der Waals surface area (Å²) in [5.74, 6) is 0.0180. The molecule has 2 fully saturated rings. The van der Waals surface area contributed by atoms with Crippen molar-refractivity contribution in [1.29, 1.82) is 0 Å². The molecule has 1 aromatic rings. The van der Waals surface area contributed by atoms with Gasteiger partial charge in [-0.3, -0.25) is 9.59 Å². The average molecular weight is 410 g/mol. The fourth-order valence-corrected chi connectivity index (χ4v) is 4.06. The highest BCUT2D eigenvalue weighted by atomic mass is 35.5. The molecular weight excluding hydrogens is 378 g/mol. The van der Waals surface area contributed by atoms with E-state index in [1.807, 2.05) is 49.9 Å². The van der Waals surface area contributed by atoms with Crippen LogP contribution >= 0.6 is 12.4 Å². The molecule has 1 saturated carbocycles. The van der Waals surface area contributed by atoms with E-state index >= 15 is 0 Å². The number of carbonyl (C=O) groups is 2. The third kappa shape index (κ3) is 4.19. The minimum Gasteiger partial charge on any atom is -0.378 e. The molecule has 0 aromatic heterocycles. The van der Waals surface area contributed by atoms with E-state index in [1.54, 1.807) is 0 Å². The Hall–Kier alpha value is -1.63. The van der Waals surface area contributed by atoms with E-state index in [2.05, 4.69) is 5.32 Å². The molecule has 3 rings (SSSR count). The number of likely N-dealkylation sites (tertiary alicyclic amines) is 1. The number of nitrogens with one attached hydrogen (secondary N) is 1. The van der Waals surface area contributed by atoms with Crippen LogP contribution in [0.1, 0.15) is 52.0 Å². The van der Waals surface area contributed by atoms with Gasteiger partial charge in [-0.1, -0.05) is 26.0 Å². The van der Waals surface area contributed by atoms with Gasteiger partial charge in [-0.25, -0.2) is 0 Å². The van der Waals surface area contributed by atoms with Gasteiger partial charge in [0.1, 0.15) is 5.54 Å². The molecule has 1 heterocycles. The number of carbonyl (C=O) groups excluding carboxylic acids is 2. The van der Waals surface area contributed by atoms with E-state index in [0.29, 0.717) is 31.7 Å². The Morgan fingerprint density at radius 1 is 1.36 bits per heavy atom. The lowest BCUT2D eigenvalue weighted by atomic mass is 9.54. The molecule has 0 radical (unpaired) electrons. The van der Waals surface area contributed by atoms with Gasteiger partial charge in [0.2, 0.25) is 11.8 Å². The number of ether oxygens (including phenoxy) is 1. The zero-order valence-electron chi connectivity index (χ0n) is 17.0. The molecule has 1 aromatic carbocycles. The average Bonchev–Trinajstić information content (AvgIpc) is 2.63. The summed E-state index contributed by atoms with van der Waals surface area (Å²) in [6.07, 6.45) is 3.16. The maximum absolute atomic E-state index is 12.9. The third-order valence-electron chi connectivity index (χ3n) is 6.21. The highest BCUT2D eigenvalue weighted by Crippen LogP contribution is 2.50. The molecule has 1 aliphatic heterocycles. The van der Waals surface area contributed by atoms with Crippen LogP contribution in [0.25, 0.3) is 0 Å². The van der Waals surface area contributed by atoms with E-state index in [9.17, 15) is 9.59 Å². The molecule has 6 nitrogen and oxygen atoms in total. The summed E-state index contributed by atoms with van der Waals surface area (Å²) in [5, 5.41) is 2.97. The van der Waals surface area contributed by atoms with Gasteiger partial charge in [-0.15, -0.1) is 12.4 Å². The number of amides is 2. The van der Waals surface area contributed by atoms with Gasteiger partial charge in [-0.05, 0) is 37.5 Å².